The molecule has 5 N–H and O–H groups in total. The molecule has 1 heterocycles. The lowest BCUT2D eigenvalue weighted by molar-refractivity contribution is 0.415. The highest BCUT2D eigenvalue weighted by molar-refractivity contribution is 5.77. The maximum atomic E-state index is 5.26. The largest absolute Gasteiger partial charge is 0.497 e. The summed E-state index contributed by atoms with van der Waals surface area (Å²) >= 11 is 0. The number of nitrogens with one attached hydrogen (secondary N) is 1. The average Bonchev–Trinajstić information content (AvgIpc) is 2.75. The lowest BCUT2D eigenvalue weighted by atomic mass is 10.3. The molecule has 1 aromatic carbocycles. The van der Waals surface area contributed by atoms with Crippen LogP contribution in [-0.2, 0) is 6.42 Å². The summed E-state index contributed by atoms with van der Waals surface area (Å²) < 4.78 is 5.16. The molecule has 6 nitrogen and oxygen atoms in total. The summed E-state index contributed by atoms with van der Waals surface area (Å²) in [7, 11) is 1.65. The lowest BCUT2D eigenvalue weighted by Gasteiger charge is -1.96. The number of aromatic nitrogens is 2. The van der Waals surface area contributed by atoms with Crippen LogP contribution in [0.5, 0.6) is 5.75 Å². The van der Waals surface area contributed by atoms with E-state index in [0.717, 1.165) is 35.4 Å². The van der Waals surface area contributed by atoms with Gasteiger partial charge in [0.1, 0.15) is 11.6 Å². The van der Waals surface area contributed by atoms with Crippen molar-refractivity contribution < 1.29 is 4.74 Å². The Morgan fingerprint density at radius 2 is 2.28 bits per heavy atom. The SMILES string of the molecule is COc1ccc2nc(CCCN=C(N)N)[nH]c2c1. The average molecular weight is 247 g/mol. The number of hydrogen-bond donors (Lipinski definition) is 3. The molecule has 0 bridgehead atoms. The summed E-state index contributed by atoms with van der Waals surface area (Å²) in [5.74, 6) is 1.88. The van der Waals surface area contributed by atoms with E-state index in [1.165, 1.54) is 0 Å². The van der Waals surface area contributed by atoms with Crippen LogP contribution in [0.2, 0.25) is 0 Å². The molecule has 0 saturated carbocycles. The van der Waals surface area contributed by atoms with Crippen LogP contribution in [0.1, 0.15) is 12.2 Å². The number of H-pyrrole nitrogens is 1. The van der Waals surface area contributed by atoms with Crippen LogP contribution >= 0.6 is 0 Å². The van der Waals surface area contributed by atoms with Crippen LogP contribution in [0.15, 0.2) is 23.2 Å². The smallest absolute Gasteiger partial charge is 0.185 e. The van der Waals surface area contributed by atoms with Crippen molar-refractivity contribution in [3.63, 3.8) is 0 Å². The second kappa shape index (κ2) is 5.39. The van der Waals surface area contributed by atoms with E-state index >= 15 is 0 Å². The zero-order valence-corrected chi connectivity index (χ0v) is 10.3. The molecule has 0 fully saturated rings. The normalized spacial score (nSPS) is 10.5. The molecule has 0 radical (unpaired) electrons. The van der Waals surface area contributed by atoms with Crippen LogP contribution in [0.4, 0.5) is 0 Å². The standard InChI is InChI=1S/C12H17N5O/c1-18-8-4-5-9-10(7-8)17-11(16-9)3-2-6-15-12(13)14/h4-5,7H,2-3,6H2,1H3,(H,16,17)(H4,13,14,15). The molecule has 0 atom stereocenters. The Hall–Kier alpha value is -2.24. The molecule has 18 heavy (non-hydrogen) atoms. The molecule has 0 amide bonds. The number of guanidine groups is 1. The van der Waals surface area contributed by atoms with Crippen molar-refractivity contribution in [1.29, 1.82) is 0 Å². The highest BCUT2D eigenvalue weighted by Gasteiger charge is 2.03. The summed E-state index contributed by atoms with van der Waals surface area (Å²) in [5.41, 5.74) is 12.4. The topological polar surface area (TPSA) is 102 Å². The number of aromatic amines is 1. The fourth-order valence-corrected chi connectivity index (χ4v) is 1.74. The monoisotopic (exact) mass is 247 g/mol. The quantitative estimate of drug-likeness (QED) is 0.412. The number of methoxy groups -OCH3 is 1. The predicted molar refractivity (Wildman–Crippen MR) is 71.6 cm³/mol. The van der Waals surface area contributed by atoms with Crippen molar-refractivity contribution in [3.05, 3.63) is 24.0 Å². The van der Waals surface area contributed by atoms with Gasteiger partial charge in [-0.15, -0.1) is 0 Å². The number of fused-ring (bicyclic) bond motifs is 1. The Labute approximate surface area is 105 Å². The van der Waals surface area contributed by atoms with Crippen LogP contribution in [0.3, 0.4) is 0 Å². The highest BCUT2D eigenvalue weighted by atomic mass is 16.5. The van der Waals surface area contributed by atoms with E-state index in [9.17, 15) is 0 Å². The number of aliphatic imine (C=N–C) groups is 1. The Balaban J connectivity index is 2.03. The number of rotatable bonds is 5. The van der Waals surface area contributed by atoms with Crippen molar-refractivity contribution in [1.82, 2.24) is 9.97 Å². The van der Waals surface area contributed by atoms with Gasteiger partial charge in [0.15, 0.2) is 5.96 Å². The fraction of sp³-hybridized carbons (Fsp3) is 0.333. The van der Waals surface area contributed by atoms with Crippen molar-refractivity contribution >= 4 is 17.0 Å². The minimum Gasteiger partial charge on any atom is -0.497 e. The van der Waals surface area contributed by atoms with Gasteiger partial charge >= 0.3 is 0 Å². The number of nitrogens with zero attached hydrogens (tertiary/aromatic N) is 2. The molecule has 0 unspecified atom stereocenters. The maximum Gasteiger partial charge on any atom is 0.185 e. The molecule has 2 aromatic rings. The van der Waals surface area contributed by atoms with Gasteiger partial charge in [0.05, 0.1) is 18.1 Å². The number of nitrogens with two attached hydrogens (primary N) is 2. The molecule has 96 valence electrons. The van der Waals surface area contributed by atoms with Crippen molar-refractivity contribution in [2.24, 2.45) is 16.5 Å². The second-order valence-corrected chi connectivity index (χ2v) is 3.98. The number of hydrogen-bond acceptors (Lipinski definition) is 3. The van der Waals surface area contributed by atoms with Crippen LogP contribution in [0.25, 0.3) is 11.0 Å². The zero-order valence-electron chi connectivity index (χ0n) is 10.3. The minimum atomic E-state index is 0.129. The Morgan fingerprint density at radius 1 is 1.44 bits per heavy atom. The van der Waals surface area contributed by atoms with Gasteiger partial charge in [0, 0.05) is 19.0 Å². The zero-order chi connectivity index (χ0) is 13.0. The van der Waals surface area contributed by atoms with Gasteiger partial charge in [0.2, 0.25) is 0 Å². The molecular weight excluding hydrogens is 230 g/mol. The number of benzene rings is 1. The first-order chi connectivity index (χ1) is 8.69. The highest BCUT2D eigenvalue weighted by Crippen LogP contribution is 2.18. The molecule has 0 aliphatic heterocycles. The molecule has 0 spiro atoms. The summed E-state index contributed by atoms with van der Waals surface area (Å²) in [6.45, 7) is 0.614. The van der Waals surface area contributed by atoms with Gasteiger partial charge in [-0.05, 0) is 18.6 Å². The van der Waals surface area contributed by atoms with Gasteiger partial charge in [0.25, 0.3) is 0 Å². The van der Waals surface area contributed by atoms with E-state index < -0.39 is 0 Å². The van der Waals surface area contributed by atoms with Crippen molar-refractivity contribution in [2.75, 3.05) is 13.7 Å². The number of ether oxygens (including phenoxy) is 1. The Kier molecular flexibility index (Phi) is 3.66. The third kappa shape index (κ3) is 2.91. The molecule has 0 aliphatic carbocycles. The summed E-state index contributed by atoms with van der Waals surface area (Å²) in [6, 6.07) is 5.76. The summed E-state index contributed by atoms with van der Waals surface area (Å²) in [6.07, 6.45) is 1.67. The maximum absolute atomic E-state index is 5.26. The van der Waals surface area contributed by atoms with Crippen molar-refractivity contribution in [3.8, 4) is 5.75 Å². The summed E-state index contributed by atoms with van der Waals surface area (Å²) in [4.78, 5) is 11.7. The Bertz CT molecular complexity index is 557. The van der Waals surface area contributed by atoms with E-state index in [2.05, 4.69) is 15.0 Å². The van der Waals surface area contributed by atoms with E-state index in [-0.39, 0.29) is 5.96 Å². The second-order valence-electron chi connectivity index (χ2n) is 3.98. The third-order valence-electron chi connectivity index (χ3n) is 2.60. The molecule has 0 saturated heterocycles. The first-order valence-corrected chi connectivity index (χ1v) is 5.77. The van der Waals surface area contributed by atoms with Crippen LogP contribution in [-0.4, -0.2) is 29.6 Å². The van der Waals surface area contributed by atoms with Gasteiger partial charge < -0.3 is 21.2 Å². The van der Waals surface area contributed by atoms with Gasteiger partial charge in [-0.3, -0.25) is 4.99 Å². The predicted octanol–water partition coefficient (Wildman–Crippen LogP) is 0.778. The fourth-order valence-electron chi connectivity index (χ4n) is 1.74. The van der Waals surface area contributed by atoms with Gasteiger partial charge in [-0.1, -0.05) is 0 Å². The number of aryl methyl sites for hydroxylation is 1. The molecule has 2 rings (SSSR count). The molecule has 1 aromatic heterocycles. The van der Waals surface area contributed by atoms with Gasteiger partial charge in [-0.2, -0.15) is 0 Å². The molecule has 0 aliphatic rings. The lowest BCUT2D eigenvalue weighted by Crippen LogP contribution is -2.23. The number of imidazole rings is 1. The van der Waals surface area contributed by atoms with Crippen LogP contribution < -0.4 is 16.2 Å². The van der Waals surface area contributed by atoms with E-state index in [1.807, 2.05) is 18.2 Å². The van der Waals surface area contributed by atoms with E-state index in [1.54, 1.807) is 7.11 Å². The third-order valence-corrected chi connectivity index (χ3v) is 2.60. The van der Waals surface area contributed by atoms with E-state index in [0.29, 0.717) is 6.54 Å². The summed E-state index contributed by atoms with van der Waals surface area (Å²) in [5, 5.41) is 0. The minimum absolute atomic E-state index is 0.129. The van der Waals surface area contributed by atoms with Crippen molar-refractivity contribution in [2.45, 2.75) is 12.8 Å². The van der Waals surface area contributed by atoms with Crippen LogP contribution in [0, 0.1) is 0 Å². The molecule has 6 heteroatoms. The van der Waals surface area contributed by atoms with Gasteiger partial charge in [-0.25, -0.2) is 4.98 Å². The Morgan fingerprint density at radius 3 is 3.00 bits per heavy atom. The first-order valence-electron chi connectivity index (χ1n) is 5.77. The first kappa shape index (κ1) is 12.2. The molecular formula is C12H17N5O. The van der Waals surface area contributed by atoms with E-state index in [4.69, 9.17) is 16.2 Å².